The van der Waals surface area contributed by atoms with Gasteiger partial charge in [0.05, 0.1) is 11.3 Å². The molecule has 0 spiro atoms. The number of anilines is 1. The van der Waals surface area contributed by atoms with Crippen LogP contribution >= 0.6 is 0 Å². The number of rotatable bonds is 1. The van der Waals surface area contributed by atoms with Gasteiger partial charge in [-0.05, 0) is 6.07 Å². The Bertz CT molecular complexity index is 376. The van der Waals surface area contributed by atoms with E-state index in [0.29, 0.717) is 0 Å². The molecule has 5 N–H and O–H groups in total. The summed E-state index contributed by atoms with van der Waals surface area (Å²) in [5, 5.41) is 6.83. The number of nitrogens with two attached hydrogens (primary N) is 2. The number of benzene rings is 1. The van der Waals surface area contributed by atoms with E-state index in [1.807, 2.05) is 0 Å². The molecule has 0 radical (unpaired) electrons. The van der Waals surface area contributed by atoms with Crippen LogP contribution in [0.2, 0.25) is 0 Å². The first-order chi connectivity index (χ1) is 5.95. The first kappa shape index (κ1) is 9.37. The molecule has 13 heavy (non-hydrogen) atoms. The molecule has 6 heteroatoms. The summed E-state index contributed by atoms with van der Waals surface area (Å²) in [5.41, 5.74) is 8.77. The van der Waals surface area contributed by atoms with Gasteiger partial charge in [-0.15, -0.1) is 0 Å². The van der Waals surface area contributed by atoms with E-state index in [-0.39, 0.29) is 0 Å². The second kappa shape index (κ2) is 2.96. The third-order valence-corrected chi connectivity index (χ3v) is 1.47. The van der Waals surface area contributed by atoms with Crippen molar-refractivity contribution in [1.29, 1.82) is 5.41 Å². The number of amidine groups is 1. The number of hydrogen-bond donors (Lipinski definition) is 3. The van der Waals surface area contributed by atoms with Crippen molar-refractivity contribution in [1.82, 2.24) is 0 Å². The standard InChI is InChI=1S/C7H6F3N3/c8-4-2(7(12)13)1-3(11)5(9)6(4)10/h1H,11H2,(H3,12,13). The highest BCUT2D eigenvalue weighted by Crippen LogP contribution is 2.20. The first-order valence-electron chi connectivity index (χ1n) is 3.22. The summed E-state index contributed by atoms with van der Waals surface area (Å²) in [6.07, 6.45) is 0. The summed E-state index contributed by atoms with van der Waals surface area (Å²) >= 11 is 0. The van der Waals surface area contributed by atoms with Crippen LogP contribution < -0.4 is 11.5 Å². The lowest BCUT2D eigenvalue weighted by Crippen LogP contribution is -2.16. The minimum atomic E-state index is -1.72. The lowest BCUT2D eigenvalue weighted by molar-refractivity contribution is 0.448. The smallest absolute Gasteiger partial charge is 0.197 e. The van der Waals surface area contributed by atoms with Gasteiger partial charge in [-0.2, -0.15) is 0 Å². The Morgan fingerprint density at radius 2 is 1.69 bits per heavy atom. The molecule has 0 aliphatic carbocycles. The Labute approximate surface area is 71.7 Å². The van der Waals surface area contributed by atoms with Gasteiger partial charge in [0.2, 0.25) is 0 Å². The molecule has 1 aromatic carbocycles. The number of halogens is 3. The Morgan fingerprint density at radius 1 is 1.15 bits per heavy atom. The molecule has 1 aromatic rings. The molecule has 0 fully saturated rings. The number of nitrogens with one attached hydrogen (secondary N) is 1. The van der Waals surface area contributed by atoms with Crippen LogP contribution in [0, 0.1) is 22.9 Å². The molecule has 0 amide bonds. The molecule has 0 unspecified atom stereocenters. The van der Waals surface area contributed by atoms with Gasteiger partial charge in [-0.25, -0.2) is 13.2 Å². The van der Waals surface area contributed by atoms with Crippen LogP contribution in [0.4, 0.5) is 18.9 Å². The van der Waals surface area contributed by atoms with Gasteiger partial charge in [0.15, 0.2) is 17.5 Å². The molecule has 70 valence electrons. The van der Waals surface area contributed by atoms with Gasteiger partial charge in [0.25, 0.3) is 0 Å². The van der Waals surface area contributed by atoms with Crippen LogP contribution in [-0.2, 0) is 0 Å². The highest BCUT2D eigenvalue weighted by molar-refractivity contribution is 5.96. The van der Waals surface area contributed by atoms with Crippen LogP contribution in [-0.4, -0.2) is 5.84 Å². The zero-order chi connectivity index (χ0) is 10.2. The van der Waals surface area contributed by atoms with E-state index < -0.39 is 34.5 Å². The minimum Gasteiger partial charge on any atom is -0.396 e. The summed E-state index contributed by atoms with van der Waals surface area (Å²) in [6.45, 7) is 0. The maximum atomic E-state index is 12.8. The second-order valence-corrected chi connectivity index (χ2v) is 2.37. The molecule has 0 bridgehead atoms. The third kappa shape index (κ3) is 1.42. The van der Waals surface area contributed by atoms with Gasteiger partial charge in [0, 0.05) is 0 Å². The fraction of sp³-hybridized carbons (Fsp3) is 0. The van der Waals surface area contributed by atoms with E-state index in [1.165, 1.54) is 0 Å². The average Bonchev–Trinajstić information content (AvgIpc) is 2.07. The molecule has 3 nitrogen and oxygen atoms in total. The van der Waals surface area contributed by atoms with Crippen molar-refractivity contribution in [3.8, 4) is 0 Å². The average molecular weight is 189 g/mol. The molecule has 1 rings (SSSR count). The van der Waals surface area contributed by atoms with Crippen LogP contribution in [0.25, 0.3) is 0 Å². The van der Waals surface area contributed by atoms with Gasteiger partial charge in [-0.3, -0.25) is 5.41 Å². The lowest BCUT2D eigenvalue weighted by atomic mass is 10.1. The van der Waals surface area contributed by atoms with Crippen molar-refractivity contribution in [3.05, 3.63) is 29.1 Å². The van der Waals surface area contributed by atoms with E-state index in [9.17, 15) is 13.2 Å². The molecule has 0 aromatic heterocycles. The Kier molecular flexibility index (Phi) is 2.14. The van der Waals surface area contributed by atoms with E-state index in [4.69, 9.17) is 16.9 Å². The van der Waals surface area contributed by atoms with Crippen molar-refractivity contribution in [2.75, 3.05) is 5.73 Å². The molecular weight excluding hydrogens is 183 g/mol. The van der Waals surface area contributed by atoms with Crippen molar-refractivity contribution in [3.63, 3.8) is 0 Å². The number of hydrogen-bond acceptors (Lipinski definition) is 2. The van der Waals surface area contributed by atoms with E-state index in [1.54, 1.807) is 0 Å². The molecule has 0 atom stereocenters. The SMILES string of the molecule is N=C(N)c1cc(N)c(F)c(F)c1F. The molecule has 0 saturated heterocycles. The minimum absolute atomic E-state index is 0.545. The van der Waals surface area contributed by atoms with Gasteiger partial charge >= 0.3 is 0 Å². The first-order valence-corrected chi connectivity index (χ1v) is 3.22. The van der Waals surface area contributed by atoms with Crippen LogP contribution in [0.3, 0.4) is 0 Å². The van der Waals surface area contributed by atoms with E-state index in [2.05, 4.69) is 0 Å². The topological polar surface area (TPSA) is 75.9 Å². The fourth-order valence-electron chi connectivity index (χ4n) is 0.820. The normalized spacial score (nSPS) is 10.1. The quantitative estimate of drug-likeness (QED) is 0.266. The lowest BCUT2D eigenvalue weighted by Gasteiger charge is -2.04. The van der Waals surface area contributed by atoms with Crippen LogP contribution in [0.15, 0.2) is 6.07 Å². The monoisotopic (exact) mass is 189 g/mol. The predicted octanol–water partition coefficient (Wildman–Crippen LogP) is 0.970. The van der Waals surface area contributed by atoms with Gasteiger partial charge in [-0.1, -0.05) is 0 Å². The second-order valence-electron chi connectivity index (χ2n) is 2.37. The van der Waals surface area contributed by atoms with Crippen molar-refractivity contribution in [2.45, 2.75) is 0 Å². The molecule has 0 heterocycles. The maximum absolute atomic E-state index is 12.8. The van der Waals surface area contributed by atoms with Crippen molar-refractivity contribution in [2.24, 2.45) is 5.73 Å². The summed E-state index contributed by atoms with van der Waals surface area (Å²) in [5.74, 6) is -5.39. The zero-order valence-electron chi connectivity index (χ0n) is 6.37. The predicted molar refractivity (Wildman–Crippen MR) is 41.7 cm³/mol. The molecule has 0 saturated carbocycles. The Balaban J connectivity index is 3.50. The fourth-order valence-corrected chi connectivity index (χ4v) is 0.820. The largest absolute Gasteiger partial charge is 0.396 e. The summed E-state index contributed by atoms with van der Waals surface area (Å²) in [6, 6.07) is 0.774. The molecule has 0 aliphatic heterocycles. The number of nitrogen functional groups attached to an aromatic ring is 2. The summed E-state index contributed by atoms with van der Waals surface area (Å²) in [4.78, 5) is 0. The highest BCUT2D eigenvalue weighted by Gasteiger charge is 2.18. The van der Waals surface area contributed by atoms with E-state index >= 15 is 0 Å². The Morgan fingerprint density at radius 3 is 2.15 bits per heavy atom. The van der Waals surface area contributed by atoms with E-state index in [0.717, 1.165) is 6.07 Å². The summed E-state index contributed by atoms with van der Waals surface area (Å²) < 4.78 is 38.0. The third-order valence-electron chi connectivity index (χ3n) is 1.47. The van der Waals surface area contributed by atoms with Crippen molar-refractivity contribution < 1.29 is 13.2 Å². The molecular formula is C7H6F3N3. The molecule has 0 aliphatic rings. The van der Waals surface area contributed by atoms with Gasteiger partial charge < -0.3 is 11.5 Å². The van der Waals surface area contributed by atoms with Crippen LogP contribution in [0.5, 0.6) is 0 Å². The van der Waals surface area contributed by atoms with Gasteiger partial charge in [0.1, 0.15) is 5.84 Å². The summed E-state index contributed by atoms with van der Waals surface area (Å²) in [7, 11) is 0. The Hall–Kier alpha value is -1.72. The zero-order valence-corrected chi connectivity index (χ0v) is 6.37. The van der Waals surface area contributed by atoms with Crippen molar-refractivity contribution >= 4 is 11.5 Å². The van der Waals surface area contributed by atoms with Crippen LogP contribution in [0.1, 0.15) is 5.56 Å². The maximum Gasteiger partial charge on any atom is 0.197 e. The highest BCUT2D eigenvalue weighted by atomic mass is 19.2.